The minimum absolute atomic E-state index is 0.0277. The maximum Gasteiger partial charge on any atom is 0.246 e. The number of morpholine rings is 1. The monoisotopic (exact) mass is 518 g/mol. The predicted octanol–water partition coefficient (Wildman–Crippen LogP) is 2.89. The molecule has 2 aliphatic rings. The highest BCUT2D eigenvalue weighted by Gasteiger charge is 2.17. The Morgan fingerprint density at radius 2 is 1.68 bits per heavy atom. The Labute approximate surface area is 225 Å². The number of aliphatic imine (C=N–C) groups is 1. The number of hydrogen-bond acceptors (Lipinski definition) is 5. The van der Waals surface area contributed by atoms with Crippen molar-refractivity contribution in [3.05, 3.63) is 78.4 Å². The Morgan fingerprint density at radius 1 is 1.05 bits per heavy atom. The van der Waals surface area contributed by atoms with Gasteiger partial charge in [-0.1, -0.05) is 36.9 Å². The average molecular weight is 519 g/mol. The van der Waals surface area contributed by atoms with Gasteiger partial charge in [-0.15, -0.1) is 0 Å². The molecular formula is C29H38N6O3. The van der Waals surface area contributed by atoms with Gasteiger partial charge >= 0.3 is 0 Å². The fourth-order valence-corrected chi connectivity index (χ4v) is 4.20. The molecule has 2 aromatic carbocycles. The zero-order valence-corrected chi connectivity index (χ0v) is 22.3. The van der Waals surface area contributed by atoms with Crippen LogP contribution in [0.15, 0.2) is 72.3 Å². The van der Waals surface area contributed by atoms with E-state index in [9.17, 15) is 9.59 Å². The summed E-state index contributed by atoms with van der Waals surface area (Å²) in [5.41, 5.74) is 16.1. The fourth-order valence-electron chi connectivity index (χ4n) is 4.20. The van der Waals surface area contributed by atoms with Crippen LogP contribution in [0, 0.1) is 0 Å². The summed E-state index contributed by atoms with van der Waals surface area (Å²) in [6.07, 6.45) is 4.42. The number of ether oxygens (including phenoxy) is 1. The van der Waals surface area contributed by atoms with Crippen LogP contribution in [0.1, 0.15) is 24.5 Å². The van der Waals surface area contributed by atoms with Crippen LogP contribution in [0.4, 0.5) is 11.4 Å². The van der Waals surface area contributed by atoms with Crippen molar-refractivity contribution >= 4 is 34.7 Å². The van der Waals surface area contributed by atoms with E-state index in [1.54, 1.807) is 0 Å². The smallest absolute Gasteiger partial charge is 0.246 e. The van der Waals surface area contributed by atoms with E-state index in [1.807, 2.05) is 41.1 Å². The lowest BCUT2D eigenvalue weighted by molar-refractivity contribution is -0.125. The summed E-state index contributed by atoms with van der Waals surface area (Å²) < 4.78 is 5.42. The van der Waals surface area contributed by atoms with E-state index in [0.717, 1.165) is 68.3 Å². The summed E-state index contributed by atoms with van der Waals surface area (Å²) in [6, 6.07) is 16.4. The van der Waals surface area contributed by atoms with Crippen LogP contribution < -0.4 is 16.4 Å². The molecule has 0 radical (unpaired) electrons. The summed E-state index contributed by atoms with van der Waals surface area (Å²) in [5.74, 6) is 0.0633. The first-order valence-electron chi connectivity index (χ1n) is 12.7. The molecule has 0 bridgehead atoms. The van der Waals surface area contributed by atoms with Crippen LogP contribution in [0.2, 0.25) is 0 Å². The number of guanidine groups is 1. The highest BCUT2D eigenvalue weighted by Crippen LogP contribution is 2.24. The van der Waals surface area contributed by atoms with Crippen LogP contribution in [0.5, 0.6) is 0 Å². The summed E-state index contributed by atoms with van der Waals surface area (Å²) in [5, 5.41) is 0. The second-order valence-electron chi connectivity index (χ2n) is 9.22. The number of anilines is 1. The number of carbonyl (C=O) groups is 2. The van der Waals surface area contributed by atoms with Crippen molar-refractivity contribution in [1.82, 2.24) is 9.80 Å². The van der Waals surface area contributed by atoms with E-state index in [2.05, 4.69) is 52.5 Å². The highest BCUT2D eigenvalue weighted by molar-refractivity contribution is 5.96. The number of hydrogen-bond donors (Lipinski definition) is 2. The fraction of sp³-hybridized carbons (Fsp3) is 0.345. The number of nitrogens with zero attached hydrogens (tertiary/aromatic N) is 4. The van der Waals surface area contributed by atoms with Crippen molar-refractivity contribution in [1.29, 1.82) is 0 Å². The Balaban J connectivity index is 0.000000934. The zero-order chi connectivity index (χ0) is 27.5. The largest absolute Gasteiger partial charge is 0.379 e. The zero-order valence-electron chi connectivity index (χ0n) is 22.3. The van der Waals surface area contributed by atoms with Gasteiger partial charge < -0.3 is 26.0 Å². The van der Waals surface area contributed by atoms with Gasteiger partial charge in [0.2, 0.25) is 17.8 Å². The molecule has 2 amide bonds. The van der Waals surface area contributed by atoms with Gasteiger partial charge in [0.15, 0.2) is 0 Å². The highest BCUT2D eigenvalue weighted by atomic mass is 16.5. The standard InChI is InChI=1S/C27H33N5O2.C2H5NO/c1-3-26(33)32-14-4-5-23(20-32)22-8-12-25(13-9-22)30(2)27(28)29-24-10-6-21(7-11-24)19-31-15-17-34-18-16-31;1-2(3)4/h3,5-13H,1,4,14-20H2,2H3,(H2,28,29);1H3,(H2,3,4). The number of benzene rings is 2. The molecule has 202 valence electrons. The second-order valence-corrected chi connectivity index (χ2v) is 9.22. The van der Waals surface area contributed by atoms with E-state index in [1.165, 1.54) is 18.6 Å². The summed E-state index contributed by atoms with van der Waals surface area (Å²) in [7, 11) is 1.91. The minimum atomic E-state index is -0.333. The van der Waals surface area contributed by atoms with Gasteiger partial charge in [0, 0.05) is 52.4 Å². The lowest BCUT2D eigenvalue weighted by Gasteiger charge is -2.27. The predicted molar refractivity (Wildman–Crippen MR) is 153 cm³/mol. The second kappa shape index (κ2) is 14.1. The summed E-state index contributed by atoms with van der Waals surface area (Å²) in [6.45, 7) is 10.7. The first-order chi connectivity index (χ1) is 18.3. The van der Waals surface area contributed by atoms with E-state index in [4.69, 9.17) is 10.5 Å². The molecule has 4 N–H and O–H groups in total. The Hall–Kier alpha value is -3.95. The van der Waals surface area contributed by atoms with E-state index < -0.39 is 0 Å². The van der Waals surface area contributed by atoms with E-state index in [-0.39, 0.29) is 11.8 Å². The van der Waals surface area contributed by atoms with E-state index >= 15 is 0 Å². The molecule has 4 rings (SSSR count). The lowest BCUT2D eigenvalue weighted by Crippen LogP contribution is -2.35. The van der Waals surface area contributed by atoms with Gasteiger partial charge in [0.05, 0.1) is 18.9 Å². The van der Waals surface area contributed by atoms with Crippen LogP contribution in [-0.4, -0.2) is 74.0 Å². The topological polar surface area (TPSA) is 117 Å². The Kier molecular flexibility index (Phi) is 10.6. The molecule has 2 aliphatic heterocycles. The molecule has 2 heterocycles. The van der Waals surface area contributed by atoms with Gasteiger partial charge in [-0.3, -0.25) is 14.5 Å². The number of nitrogens with two attached hydrogens (primary N) is 2. The van der Waals surface area contributed by atoms with Crippen LogP contribution in [0.25, 0.3) is 5.57 Å². The number of rotatable bonds is 6. The average Bonchev–Trinajstić information content (AvgIpc) is 2.93. The third kappa shape index (κ3) is 8.57. The summed E-state index contributed by atoms with van der Waals surface area (Å²) >= 11 is 0. The van der Waals surface area contributed by atoms with Crippen molar-refractivity contribution in [2.45, 2.75) is 19.9 Å². The molecule has 1 fully saturated rings. The molecule has 9 nitrogen and oxygen atoms in total. The third-order valence-electron chi connectivity index (χ3n) is 6.30. The number of primary amides is 1. The van der Waals surface area contributed by atoms with Crippen molar-refractivity contribution in [3.8, 4) is 0 Å². The number of amides is 2. The van der Waals surface area contributed by atoms with Crippen molar-refractivity contribution in [2.24, 2.45) is 16.5 Å². The number of carbonyl (C=O) groups excluding carboxylic acids is 2. The van der Waals surface area contributed by atoms with Crippen molar-refractivity contribution < 1.29 is 14.3 Å². The molecular weight excluding hydrogens is 480 g/mol. The first kappa shape index (κ1) is 28.6. The van der Waals surface area contributed by atoms with Gasteiger partial charge in [0.1, 0.15) is 0 Å². The van der Waals surface area contributed by atoms with Gasteiger partial charge in [0.25, 0.3) is 0 Å². The van der Waals surface area contributed by atoms with Crippen molar-refractivity contribution in [3.63, 3.8) is 0 Å². The quantitative estimate of drug-likeness (QED) is 0.345. The summed E-state index contributed by atoms with van der Waals surface area (Å²) in [4.78, 5) is 31.9. The maximum absolute atomic E-state index is 12.0. The molecule has 0 atom stereocenters. The van der Waals surface area contributed by atoms with E-state index in [0.29, 0.717) is 12.5 Å². The van der Waals surface area contributed by atoms with Gasteiger partial charge in [-0.25, -0.2) is 4.99 Å². The molecule has 38 heavy (non-hydrogen) atoms. The minimum Gasteiger partial charge on any atom is -0.379 e. The Morgan fingerprint density at radius 3 is 2.29 bits per heavy atom. The Bertz CT molecular complexity index is 1150. The van der Waals surface area contributed by atoms with Crippen molar-refractivity contribution in [2.75, 3.05) is 51.3 Å². The normalized spacial score (nSPS) is 16.1. The van der Waals surface area contributed by atoms with Gasteiger partial charge in [-0.2, -0.15) is 0 Å². The van der Waals surface area contributed by atoms with Crippen LogP contribution in [-0.2, 0) is 20.9 Å². The first-order valence-corrected chi connectivity index (χ1v) is 12.7. The molecule has 2 aromatic rings. The molecule has 0 saturated carbocycles. The molecule has 1 saturated heterocycles. The SMILES string of the molecule is C=CC(=O)N1CCC=C(c2ccc(N(C)C(N)=Nc3ccc(CN4CCOCC4)cc3)cc2)C1.CC(N)=O. The molecule has 0 unspecified atom stereocenters. The molecule has 0 aromatic heterocycles. The van der Waals surface area contributed by atoms with Gasteiger partial charge in [-0.05, 0) is 53.5 Å². The molecule has 9 heteroatoms. The van der Waals surface area contributed by atoms with Crippen LogP contribution >= 0.6 is 0 Å². The lowest BCUT2D eigenvalue weighted by atomic mass is 10.0. The molecule has 0 spiro atoms. The molecule has 0 aliphatic carbocycles. The van der Waals surface area contributed by atoms with Crippen LogP contribution in [0.3, 0.4) is 0 Å². The maximum atomic E-state index is 12.0. The third-order valence-corrected chi connectivity index (χ3v) is 6.30.